The number of fused-ring (bicyclic) bond motifs is 1. The van der Waals surface area contributed by atoms with E-state index in [1.807, 2.05) is 13.8 Å². The van der Waals surface area contributed by atoms with Crippen molar-refractivity contribution in [2.24, 2.45) is 5.92 Å². The number of rotatable bonds is 8. The fourth-order valence-corrected chi connectivity index (χ4v) is 6.13. The molecule has 1 saturated carbocycles. The van der Waals surface area contributed by atoms with E-state index in [4.69, 9.17) is 9.97 Å². The Kier molecular flexibility index (Phi) is 7.58. The molecule has 0 bridgehead atoms. The lowest BCUT2D eigenvalue weighted by molar-refractivity contribution is -0.274. The molecule has 1 aromatic carbocycles. The van der Waals surface area contributed by atoms with E-state index in [1.54, 1.807) is 23.5 Å². The van der Waals surface area contributed by atoms with E-state index in [9.17, 15) is 18.3 Å². The highest BCUT2D eigenvalue weighted by Gasteiger charge is 2.31. The van der Waals surface area contributed by atoms with Gasteiger partial charge in [-0.2, -0.15) is 4.98 Å². The van der Waals surface area contributed by atoms with Crippen LogP contribution in [0.1, 0.15) is 54.4 Å². The molecule has 0 radical (unpaired) electrons. The zero-order chi connectivity index (χ0) is 26.9. The first-order valence-electron chi connectivity index (χ1n) is 12.7. The van der Waals surface area contributed by atoms with Crippen molar-refractivity contribution in [2.45, 2.75) is 71.0 Å². The molecule has 3 unspecified atom stereocenters. The Bertz CT molecular complexity index is 1310. The summed E-state index contributed by atoms with van der Waals surface area (Å²) in [6.07, 6.45) is 3.83. The summed E-state index contributed by atoms with van der Waals surface area (Å²) in [4.78, 5) is 15.6. The number of thiazole rings is 1. The van der Waals surface area contributed by atoms with Crippen LogP contribution in [-0.4, -0.2) is 38.6 Å². The zero-order valence-electron chi connectivity index (χ0n) is 21.2. The zero-order valence-corrected chi connectivity index (χ0v) is 22.0. The molecule has 3 N–H and O–H groups in total. The monoisotopic (exact) mass is 545 g/mol. The Labute approximate surface area is 223 Å². The summed E-state index contributed by atoms with van der Waals surface area (Å²) >= 11 is 1.67. The SMILES string of the molecule is Cc1nc(NCc2ccc(OC(F)(F)F)cc2)nc(NC2CCC(C(C)O)C2)c1-c1nc2c(s1)CCC=C2. The van der Waals surface area contributed by atoms with Gasteiger partial charge in [-0.1, -0.05) is 18.2 Å². The number of hydrogen-bond donors (Lipinski definition) is 3. The molecule has 38 heavy (non-hydrogen) atoms. The summed E-state index contributed by atoms with van der Waals surface area (Å²) in [5.41, 5.74) is 3.41. The summed E-state index contributed by atoms with van der Waals surface area (Å²) in [5.74, 6) is 1.09. The van der Waals surface area contributed by atoms with Crippen LogP contribution >= 0.6 is 11.3 Å². The smallest absolute Gasteiger partial charge is 0.406 e. The first kappa shape index (κ1) is 26.4. The molecule has 0 saturated heterocycles. The minimum Gasteiger partial charge on any atom is -0.406 e. The second kappa shape index (κ2) is 10.9. The fourth-order valence-electron chi connectivity index (χ4n) is 4.97. The molecule has 0 spiro atoms. The quantitative estimate of drug-likeness (QED) is 0.304. The van der Waals surface area contributed by atoms with Gasteiger partial charge in [0.15, 0.2) is 0 Å². The topological polar surface area (TPSA) is 92.2 Å². The average Bonchev–Trinajstić information content (AvgIpc) is 3.49. The molecule has 2 aliphatic rings. The standard InChI is InChI=1S/C27H30F3N5O2S/c1-15-23(25-34-21-5-3-4-6-22(21)38-25)24(33-19-10-9-18(13-19)16(2)36)35-26(32-15)31-14-17-7-11-20(12-8-17)37-27(28,29)30/h3,5,7-8,11-12,16,18-19,36H,4,6,9-10,13-14H2,1-2H3,(H2,31,32,33,35). The molecule has 3 atom stereocenters. The Morgan fingerprint density at radius 1 is 1.16 bits per heavy atom. The van der Waals surface area contributed by atoms with Gasteiger partial charge in [-0.25, -0.2) is 9.97 Å². The second-order valence-electron chi connectivity index (χ2n) is 9.83. The van der Waals surface area contributed by atoms with Gasteiger partial charge in [0.25, 0.3) is 0 Å². The van der Waals surface area contributed by atoms with Crippen molar-refractivity contribution in [3.63, 3.8) is 0 Å². The van der Waals surface area contributed by atoms with Gasteiger partial charge in [0.1, 0.15) is 16.6 Å². The number of benzene rings is 1. The molecule has 0 aliphatic heterocycles. The van der Waals surface area contributed by atoms with Crippen LogP contribution in [0.5, 0.6) is 5.75 Å². The van der Waals surface area contributed by atoms with E-state index in [0.717, 1.165) is 59.6 Å². The van der Waals surface area contributed by atoms with Crippen LogP contribution in [0.2, 0.25) is 0 Å². The minimum atomic E-state index is -4.72. The Hall–Kier alpha value is -3.18. The molecule has 11 heteroatoms. The van der Waals surface area contributed by atoms with Crippen LogP contribution in [0.4, 0.5) is 24.9 Å². The number of nitrogens with zero attached hydrogens (tertiary/aromatic N) is 3. The van der Waals surface area contributed by atoms with Crippen molar-refractivity contribution in [3.8, 4) is 16.3 Å². The van der Waals surface area contributed by atoms with Crippen LogP contribution in [0.3, 0.4) is 0 Å². The highest BCUT2D eigenvalue weighted by Crippen LogP contribution is 2.39. The predicted molar refractivity (Wildman–Crippen MR) is 142 cm³/mol. The van der Waals surface area contributed by atoms with Crippen molar-refractivity contribution in [1.29, 1.82) is 0 Å². The lowest BCUT2D eigenvalue weighted by Crippen LogP contribution is -2.21. The van der Waals surface area contributed by atoms with E-state index >= 15 is 0 Å². The number of hydrogen-bond acceptors (Lipinski definition) is 8. The molecule has 2 aliphatic carbocycles. The highest BCUT2D eigenvalue weighted by atomic mass is 32.1. The molecule has 5 rings (SSSR count). The maximum absolute atomic E-state index is 12.4. The van der Waals surface area contributed by atoms with E-state index < -0.39 is 6.36 Å². The van der Waals surface area contributed by atoms with Gasteiger partial charge in [-0.3, -0.25) is 0 Å². The van der Waals surface area contributed by atoms with Crippen molar-refractivity contribution in [2.75, 3.05) is 10.6 Å². The summed E-state index contributed by atoms with van der Waals surface area (Å²) in [5, 5.41) is 17.7. The second-order valence-corrected chi connectivity index (χ2v) is 10.9. The van der Waals surface area contributed by atoms with Gasteiger partial charge in [0.05, 0.1) is 23.1 Å². The van der Waals surface area contributed by atoms with Crippen LogP contribution in [0.25, 0.3) is 16.6 Å². The van der Waals surface area contributed by atoms with Crippen LogP contribution in [0.15, 0.2) is 30.3 Å². The molecule has 2 aromatic heterocycles. The van der Waals surface area contributed by atoms with Crippen molar-refractivity contribution >= 4 is 29.2 Å². The number of aryl methyl sites for hydroxylation is 2. The van der Waals surface area contributed by atoms with Gasteiger partial charge >= 0.3 is 6.36 Å². The van der Waals surface area contributed by atoms with E-state index in [1.165, 1.54) is 17.0 Å². The molecular formula is C27H30F3N5O2S. The summed E-state index contributed by atoms with van der Waals surface area (Å²) in [6, 6.07) is 5.87. The average molecular weight is 546 g/mol. The highest BCUT2D eigenvalue weighted by molar-refractivity contribution is 7.15. The van der Waals surface area contributed by atoms with Crippen LogP contribution in [0, 0.1) is 12.8 Å². The fraction of sp³-hybridized carbons (Fsp3) is 0.444. The van der Waals surface area contributed by atoms with E-state index in [-0.39, 0.29) is 23.8 Å². The lowest BCUT2D eigenvalue weighted by atomic mass is 10.0. The number of halogens is 3. The molecule has 3 aromatic rings. The minimum absolute atomic E-state index is 0.172. The Balaban J connectivity index is 1.38. The number of aromatic nitrogens is 3. The number of anilines is 2. The van der Waals surface area contributed by atoms with E-state index in [0.29, 0.717) is 18.3 Å². The summed E-state index contributed by atoms with van der Waals surface area (Å²) in [7, 11) is 0. The van der Waals surface area contributed by atoms with Gasteiger partial charge in [0, 0.05) is 17.5 Å². The molecule has 0 amide bonds. The summed E-state index contributed by atoms with van der Waals surface area (Å²) < 4.78 is 41.3. The van der Waals surface area contributed by atoms with Crippen molar-refractivity contribution in [3.05, 3.63) is 52.2 Å². The van der Waals surface area contributed by atoms with Gasteiger partial charge in [0.2, 0.25) is 5.95 Å². The third-order valence-corrected chi connectivity index (χ3v) is 8.10. The number of aliphatic hydroxyl groups excluding tert-OH is 1. The van der Waals surface area contributed by atoms with E-state index in [2.05, 4.69) is 32.5 Å². The molecular weight excluding hydrogens is 515 g/mol. The molecule has 7 nitrogen and oxygen atoms in total. The number of nitrogens with one attached hydrogen (secondary N) is 2. The molecule has 2 heterocycles. The van der Waals surface area contributed by atoms with Gasteiger partial charge in [-0.15, -0.1) is 24.5 Å². The first-order chi connectivity index (χ1) is 18.1. The van der Waals surface area contributed by atoms with Crippen LogP contribution < -0.4 is 15.4 Å². The lowest BCUT2D eigenvalue weighted by Gasteiger charge is -2.19. The number of aliphatic hydroxyl groups is 1. The largest absolute Gasteiger partial charge is 0.573 e. The normalized spacial score (nSPS) is 19.7. The summed E-state index contributed by atoms with van der Waals surface area (Å²) in [6.45, 7) is 4.10. The van der Waals surface area contributed by atoms with Crippen molar-refractivity contribution < 1.29 is 23.0 Å². The number of alkyl halides is 3. The number of allylic oxidation sites excluding steroid dienone is 1. The predicted octanol–water partition coefficient (Wildman–Crippen LogP) is 6.34. The third kappa shape index (κ3) is 6.27. The maximum atomic E-state index is 12.4. The Morgan fingerprint density at radius 2 is 1.95 bits per heavy atom. The van der Waals surface area contributed by atoms with Crippen LogP contribution in [-0.2, 0) is 13.0 Å². The molecule has 1 fully saturated rings. The first-order valence-corrected chi connectivity index (χ1v) is 13.5. The van der Waals surface area contributed by atoms with Gasteiger partial charge < -0.3 is 20.5 Å². The maximum Gasteiger partial charge on any atom is 0.573 e. The molecule has 202 valence electrons. The van der Waals surface area contributed by atoms with Gasteiger partial charge in [-0.05, 0) is 75.6 Å². The van der Waals surface area contributed by atoms with Crippen molar-refractivity contribution in [1.82, 2.24) is 15.0 Å². The number of ether oxygens (including phenoxy) is 1. The Morgan fingerprint density at radius 3 is 2.63 bits per heavy atom. The third-order valence-electron chi connectivity index (χ3n) is 6.95.